The van der Waals surface area contributed by atoms with E-state index in [0.29, 0.717) is 6.10 Å². The summed E-state index contributed by atoms with van der Waals surface area (Å²) in [6.45, 7) is 1.72. The second kappa shape index (κ2) is 6.23. The molecule has 16 heavy (non-hydrogen) atoms. The van der Waals surface area contributed by atoms with E-state index in [9.17, 15) is 0 Å². The first kappa shape index (κ1) is 11.9. The number of hydrogen-bond donors (Lipinski definition) is 2. The van der Waals surface area contributed by atoms with E-state index in [1.54, 1.807) is 0 Å². The summed E-state index contributed by atoms with van der Waals surface area (Å²) in [5, 5.41) is 0. The van der Waals surface area contributed by atoms with E-state index in [2.05, 4.69) is 11.5 Å². The Kier molecular flexibility index (Phi) is 4.63. The Hall–Kier alpha value is -0.580. The number of rotatable bonds is 5. The Bertz CT molecular complexity index is 237. The molecule has 0 bridgehead atoms. The van der Waals surface area contributed by atoms with E-state index in [4.69, 9.17) is 15.3 Å². The molecule has 0 radical (unpaired) electrons. The second-order valence-corrected chi connectivity index (χ2v) is 4.53. The molecule has 4 heteroatoms. The molecule has 0 aliphatic carbocycles. The van der Waals surface area contributed by atoms with Gasteiger partial charge in [0.15, 0.2) is 0 Å². The van der Waals surface area contributed by atoms with Crippen molar-refractivity contribution in [3.8, 4) is 0 Å². The molecule has 1 fully saturated rings. The van der Waals surface area contributed by atoms with Crippen LogP contribution in [-0.2, 0) is 9.47 Å². The van der Waals surface area contributed by atoms with Crippen LogP contribution in [0.15, 0.2) is 11.8 Å². The average Bonchev–Trinajstić information content (AvgIpc) is 2.85. The predicted octanol–water partition coefficient (Wildman–Crippen LogP) is 1.47. The summed E-state index contributed by atoms with van der Waals surface area (Å²) < 4.78 is 11.2. The fourth-order valence-corrected chi connectivity index (χ4v) is 2.38. The summed E-state index contributed by atoms with van der Waals surface area (Å²) in [6, 6.07) is 0.160. The zero-order valence-electron chi connectivity index (χ0n) is 9.78. The lowest BCUT2D eigenvalue weighted by atomic mass is 10.0. The fraction of sp³-hybridized carbons (Fsp3) is 0.833. The van der Waals surface area contributed by atoms with Gasteiger partial charge in [-0.15, -0.1) is 0 Å². The van der Waals surface area contributed by atoms with Gasteiger partial charge in [0.05, 0.1) is 18.8 Å². The average molecular weight is 226 g/mol. The highest BCUT2D eigenvalue weighted by molar-refractivity contribution is 5.06. The van der Waals surface area contributed by atoms with Crippen molar-refractivity contribution >= 4 is 0 Å². The van der Waals surface area contributed by atoms with Crippen molar-refractivity contribution in [2.24, 2.45) is 5.84 Å². The molecule has 3 N–H and O–H groups in total. The van der Waals surface area contributed by atoms with Gasteiger partial charge in [0.1, 0.15) is 5.76 Å². The van der Waals surface area contributed by atoms with Gasteiger partial charge in [-0.1, -0.05) is 0 Å². The normalized spacial score (nSPS) is 27.3. The number of hydrazine groups is 1. The molecule has 4 nitrogen and oxygen atoms in total. The van der Waals surface area contributed by atoms with Crippen molar-refractivity contribution in [3.05, 3.63) is 11.8 Å². The van der Waals surface area contributed by atoms with E-state index in [1.165, 1.54) is 19.3 Å². The van der Waals surface area contributed by atoms with Gasteiger partial charge in [-0.25, -0.2) is 5.43 Å². The van der Waals surface area contributed by atoms with Crippen LogP contribution in [0.3, 0.4) is 0 Å². The molecule has 0 amide bonds. The monoisotopic (exact) mass is 226 g/mol. The van der Waals surface area contributed by atoms with Gasteiger partial charge in [-0.05, 0) is 38.2 Å². The van der Waals surface area contributed by atoms with Crippen molar-refractivity contribution in [2.75, 3.05) is 13.2 Å². The standard InChI is InChI=1S/C12H22N2O2/c13-14-11(12-5-3-9-16-12)7-6-10-4-1-2-8-15-10/h5,10-11,14H,1-4,6-9,13H2. The van der Waals surface area contributed by atoms with E-state index in [1.807, 2.05) is 0 Å². The van der Waals surface area contributed by atoms with Gasteiger partial charge < -0.3 is 9.47 Å². The maximum atomic E-state index is 5.71. The summed E-state index contributed by atoms with van der Waals surface area (Å²) in [5.41, 5.74) is 2.83. The van der Waals surface area contributed by atoms with Crippen LogP contribution < -0.4 is 11.3 Å². The van der Waals surface area contributed by atoms with Crippen LogP contribution >= 0.6 is 0 Å². The molecule has 0 aromatic heterocycles. The molecular formula is C12H22N2O2. The summed E-state index contributed by atoms with van der Waals surface area (Å²) in [7, 11) is 0. The molecule has 92 valence electrons. The van der Waals surface area contributed by atoms with Gasteiger partial charge in [-0.2, -0.15) is 0 Å². The fourth-order valence-electron chi connectivity index (χ4n) is 2.38. The highest BCUT2D eigenvalue weighted by Gasteiger charge is 2.20. The van der Waals surface area contributed by atoms with Crippen molar-refractivity contribution in [1.29, 1.82) is 0 Å². The van der Waals surface area contributed by atoms with Gasteiger partial charge >= 0.3 is 0 Å². The highest BCUT2D eigenvalue weighted by Crippen LogP contribution is 2.21. The van der Waals surface area contributed by atoms with Crippen LogP contribution in [0.1, 0.15) is 38.5 Å². The Morgan fingerprint density at radius 2 is 2.38 bits per heavy atom. The Morgan fingerprint density at radius 3 is 3.00 bits per heavy atom. The minimum atomic E-state index is 0.160. The van der Waals surface area contributed by atoms with Gasteiger partial charge in [0.2, 0.25) is 0 Å². The van der Waals surface area contributed by atoms with Crippen LogP contribution in [0, 0.1) is 0 Å². The van der Waals surface area contributed by atoms with Crippen molar-refractivity contribution < 1.29 is 9.47 Å². The van der Waals surface area contributed by atoms with Crippen molar-refractivity contribution in [3.63, 3.8) is 0 Å². The lowest BCUT2D eigenvalue weighted by Gasteiger charge is -2.24. The SMILES string of the molecule is NNC(CCC1CCCCO1)C1=CCCO1. The Labute approximate surface area is 97.1 Å². The third kappa shape index (κ3) is 3.20. The highest BCUT2D eigenvalue weighted by atomic mass is 16.5. The number of nitrogens with two attached hydrogens (primary N) is 1. The topological polar surface area (TPSA) is 56.5 Å². The van der Waals surface area contributed by atoms with Crippen LogP contribution in [0.5, 0.6) is 0 Å². The maximum absolute atomic E-state index is 5.71. The molecule has 1 saturated heterocycles. The molecular weight excluding hydrogens is 204 g/mol. The van der Waals surface area contributed by atoms with Gasteiger partial charge in [0, 0.05) is 13.0 Å². The first-order valence-corrected chi connectivity index (χ1v) is 6.30. The first-order chi connectivity index (χ1) is 7.90. The zero-order valence-corrected chi connectivity index (χ0v) is 9.78. The van der Waals surface area contributed by atoms with Crippen molar-refractivity contribution in [1.82, 2.24) is 5.43 Å². The largest absolute Gasteiger partial charge is 0.496 e. The lowest BCUT2D eigenvalue weighted by Crippen LogP contribution is -2.37. The number of nitrogens with one attached hydrogen (secondary N) is 1. The van der Waals surface area contributed by atoms with Crippen LogP contribution in [-0.4, -0.2) is 25.4 Å². The summed E-state index contributed by atoms with van der Waals surface area (Å²) in [4.78, 5) is 0. The van der Waals surface area contributed by atoms with Crippen LogP contribution in [0.4, 0.5) is 0 Å². The summed E-state index contributed by atoms with van der Waals surface area (Å²) >= 11 is 0. The Balaban J connectivity index is 1.73. The third-order valence-corrected chi connectivity index (χ3v) is 3.33. The molecule has 2 unspecified atom stereocenters. The van der Waals surface area contributed by atoms with Crippen molar-refractivity contribution in [2.45, 2.75) is 50.7 Å². The van der Waals surface area contributed by atoms with Crippen LogP contribution in [0.25, 0.3) is 0 Å². The summed E-state index contributed by atoms with van der Waals surface area (Å²) in [5.74, 6) is 6.57. The number of hydrogen-bond acceptors (Lipinski definition) is 4. The summed E-state index contributed by atoms with van der Waals surface area (Å²) in [6.07, 6.45) is 9.32. The molecule has 2 heterocycles. The number of ether oxygens (including phenoxy) is 2. The predicted molar refractivity (Wildman–Crippen MR) is 62.6 cm³/mol. The lowest BCUT2D eigenvalue weighted by molar-refractivity contribution is 0.00831. The zero-order chi connectivity index (χ0) is 11.2. The van der Waals surface area contributed by atoms with E-state index in [0.717, 1.165) is 38.2 Å². The Morgan fingerprint density at radius 1 is 1.44 bits per heavy atom. The minimum absolute atomic E-state index is 0.160. The minimum Gasteiger partial charge on any atom is -0.496 e. The molecule has 0 saturated carbocycles. The van der Waals surface area contributed by atoms with E-state index in [-0.39, 0.29) is 6.04 Å². The smallest absolute Gasteiger partial charge is 0.110 e. The molecule has 0 spiro atoms. The van der Waals surface area contributed by atoms with Gasteiger partial charge in [0.25, 0.3) is 0 Å². The first-order valence-electron chi connectivity index (χ1n) is 6.30. The third-order valence-electron chi connectivity index (χ3n) is 3.33. The van der Waals surface area contributed by atoms with Gasteiger partial charge in [-0.3, -0.25) is 5.84 Å². The quantitative estimate of drug-likeness (QED) is 0.550. The van der Waals surface area contributed by atoms with E-state index < -0.39 is 0 Å². The molecule has 2 aliphatic rings. The van der Waals surface area contributed by atoms with E-state index >= 15 is 0 Å². The molecule has 0 aromatic carbocycles. The molecule has 2 atom stereocenters. The molecule has 0 aromatic rings. The molecule has 2 aliphatic heterocycles. The van der Waals surface area contributed by atoms with Crippen LogP contribution in [0.2, 0.25) is 0 Å². The second-order valence-electron chi connectivity index (χ2n) is 4.53. The maximum Gasteiger partial charge on any atom is 0.110 e. The molecule has 2 rings (SSSR count).